The van der Waals surface area contributed by atoms with Gasteiger partial charge >= 0.3 is 0 Å². The molecule has 0 spiro atoms. The Kier molecular flexibility index (Phi) is 2.66. The summed E-state index contributed by atoms with van der Waals surface area (Å²) in [5.74, 6) is -2.07. The summed E-state index contributed by atoms with van der Waals surface area (Å²) in [4.78, 5) is 0. The summed E-state index contributed by atoms with van der Waals surface area (Å²) in [5.41, 5.74) is 5.60. The van der Waals surface area contributed by atoms with Crippen molar-refractivity contribution in [2.75, 3.05) is 0 Å². The lowest BCUT2D eigenvalue weighted by Gasteiger charge is -2.19. The van der Waals surface area contributed by atoms with Crippen LogP contribution in [0.3, 0.4) is 0 Å². The van der Waals surface area contributed by atoms with E-state index in [1.807, 2.05) is 0 Å². The Balaban J connectivity index is 3.06. The molecule has 0 saturated heterocycles. The second-order valence-corrected chi connectivity index (χ2v) is 4.07. The normalized spacial score (nSPS) is 11.7. The third kappa shape index (κ3) is 2.35. The highest BCUT2D eigenvalue weighted by atomic mass is 19.1. The smallest absolute Gasteiger partial charge is 0.206 e. The van der Waals surface area contributed by atoms with E-state index in [0.29, 0.717) is 12.0 Å². The van der Waals surface area contributed by atoms with Crippen LogP contribution in [0.25, 0.3) is 0 Å². The average Bonchev–Trinajstić information content (AvgIpc) is 2.04. The van der Waals surface area contributed by atoms with Gasteiger partial charge in [-0.15, -0.1) is 0 Å². The molecule has 0 aliphatic heterocycles. The van der Waals surface area contributed by atoms with Crippen molar-refractivity contribution in [1.29, 1.82) is 0 Å². The van der Waals surface area contributed by atoms with Gasteiger partial charge in [-0.2, -0.15) is 4.39 Å². The Morgan fingerprint density at radius 1 is 1.36 bits per heavy atom. The lowest BCUT2D eigenvalue weighted by Crippen LogP contribution is -2.34. The summed E-state index contributed by atoms with van der Waals surface area (Å²) in [6, 6.07) is 2.67. The van der Waals surface area contributed by atoms with Crippen molar-refractivity contribution in [3.8, 4) is 11.5 Å². The second-order valence-electron chi connectivity index (χ2n) is 4.07. The van der Waals surface area contributed by atoms with Crippen LogP contribution in [0, 0.1) is 5.82 Å². The molecule has 0 aromatic heterocycles. The van der Waals surface area contributed by atoms with E-state index < -0.39 is 22.9 Å². The van der Waals surface area contributed by atoms with E-state index in [1.54, 1.807) is 13.8 Å². The second kappa shape index (κ2) is 3.46. The summed E-state index contributed by atoms with van der Waals surface area (Å²) in [7, 11) is 0. The topological polar surface area (TPSA) is 66.5 Å². The minimum absolute atomic E-state index is 0.343. The van der Waals surface area contributed by atoms with Gasteiger partial charge in [0, 0.05) is 5.54 Å². The third-order valence-corrected chi connectivity index (χ3v) is 1.83. The minimum atomic E-state index is -0.994. The first-order valence-corrected chi connectivity index (χ1v) is 4.29. The van der Waals surface area contributed by atoms with Gasteiger partial charge in [-0.3, -0.25) is 0 Å². The van der Waals surface area contributed by atoms with Crippen molar-refractivity contribution in [3.63, 3.8) is 0 Å². The summed E-state index contributed by atoms with van der Waals surface area (Å²) in [5, 5.41) is 18.3. The zero-order chi connectivity index (χ0) is 10.9. The predicted octanol–water partition coefficient (Wildman–Crippen LogP) is 1.52. The molecule has 0 bridgehead atoms. The van der Waals surface area contributed by atoms with Gasteiger partial charge in [-0.1, -0.05) is 6.07 Å². The van der Waals surface area contributed by atoms with Crippen molar-refractivity contribution in [1.82, 2.24) is 0 Å². The minimum Gasteiger partial charge on any atom is -0.505 e. The van der Waals surface area contributed by atoms with Crippen molar-refractivity contribution in [3.05, 3.63) is 23.5 Å². The Labute approximate surface area is 82.0 Å². The van der Waals surface area contributed by atoms with Gasteiger partial charge in [0.15, 0.2) is 11.5 Å². The molecule has 0 heterocycles. The molecule has 0 amide bonds. The SMILES string of the molecule is CC(C)(N)Cc1ccc(O)c(F)c1O. The van der Waals surface area contributed by atoms with Gasteiger partial charge in [0.1, 0.15) is 0 Å². The lowest BCUT2D eigenvalue weighted by molar-refractivity contribution is 0.380. The van der Waals surface area contributed by atoms with Gasteiger partial charge in [-0.05, 0) is 31.9 Å². The number of nitrogens with two attached hydrogens (primary N) is 1. The summed E-state index contributed by atoms with van der Waals surface area (Å²) in [6.07, 6.45) is 0.343. The van der Waals surface area contributed by atoms with E-state index in [9.17, 15) is 9.50 Å². The third-order valence-electron chi connectivity index (χ3n) is 1.83. The van der Waals surface area contributed by atoms with Gasteiger partial charge in [0.05, 0.1) is 0 Å². The largest absolute Gasteiger partial charge is 0.505 e. The maximum absolute atomic E-state index is 13.0. The quantitative estimate of drug-likeness (QED) is 0.676. The van der Waals surface area contributed by atoms with E-state index >= 15 is 0 Å². The van der Waals surface area contributed by atoms with Crippen LogP contribution in [0.15, 0.2) is 12.1 Å². The van der Waals surface area contributed by atoms with E-state index in [2.05, 4.69) is 0 Å². The fraction of sp³-hybridized carbons (Fsp3) is 0.400. The highest BCUT2D eigenvalue weighted by molar-refractivity contribution is 5.41. The van der Waals surface area contributed by atoms with E-state index in [4.69, 9.17) is 10.8 Å². The number of hydrogen-bond donors (Lipinski definition) is 3. The molecule has 1 aromatic rings. The van der Waals surface area contributed by atoms with Crippen LogP contribution in [-0.2, 0) is 6.42 Å². The van der Waals surface area contributed by atoms with E-state index in [-0.39, 0.29) is 0 Å². The molecule has 3 nitrogen and oxygen atoms in total. The average molecular weight is 199 g/mol. The molecular weight excluding hydrogens is 185 g/mol. The number of phenols is 2. The molecule has 0 radical (unpaired) electrons. The molecule has 0 unspecified atom stereocenters. The number of benzene rings is 1. The first-order valence-electron chi connectivity index (χ1n) is 4.29. The first kappa shape index (κ1) is 10.8. The van der Waals surface area contributed by atoms with Crippen LogP contribution in [0.5, 0.6) is 11.5 Å². The van der Waals surface area contributed by atoms with E-state index in [0.717, 1.165) is 0 Å². The van der Waals surface area contributed by atoms with Crippen molar-refractivity contribution in [2.45, 2.75) is 25.8 Å². The van der Waals surface area contributed by atoms with Crippen LogP contribution >= 0.6 is 0 Å². The molecule has 1 rings (SSSR count). The van der Waals surface area contributed by atoms with Crippen LogP contribution in [-0.4, -0.2) is 15.8 Å². The first-order chi connectivity index (χ1) is 6.31. The molecular formula is C10H14FNO2. The van der Waals surface area contributed by atoms with Crippen molar-refractivity contribution in [2.24, 2.45) is 5.73 Å². The summed E-state index contributed by atoms with van der Waals surface area (Å²) < 4.78 is 13.0. The maximum atomic E-state index is 13.0. The molecule has 0 aliphatic carbocycles. The van der Waals surface area contributed by atoms with Gasteiger partial charge in [0.25, 0.3) is 0 Å². The summed E-state index contributed by atoms with van der Waals surface area (Å²) in [6.45, 7) is 3.55. The van der Waals surface area contributed by atoms with Crippen LogP contribution in [0.1, 0.15) is 19.4 Å². The molecule has 0 atom stereocenters. The number of phenolic OH excluding ortho intramolecular Hbond substituents is 2. The number of aromatic hydroxyl groups is 2. The van der Waals surface area contributed by atoms with Crippen LogP contribution in [0.2, 0.25) is 0 Å². The fourth-order valence-electron chi connectivity index (χ4n) is 1.23. The molecule has 78 valence electrons. The molecule has 0 saturated carbocycles. The lowest BCUT2D eigenvalue weighted by atomic mass is 9.95. The molecule has 0 aliphatic rings. The van der Waals surface area contributed by atoms with Gasteiger partial charge in [-0.25, -0.2) is 0 Å². The Morgan fingerprint density at radius 3 is 2.43 bits per heavy atom. The van der Waals surface area contributed by atoms with Crippen LogP contribution < -0.4 is 5.73 Å². The fourth-order valence-corrected chi connectivity index (χ4v) is 1.23. The van der Waals surface area contributed by atoms with Gasteiger partial charge in [0.2, 0.25) is 5.82 Å². The van der Waals surface area contributed by atoms with Crippen LogP contribution in [0.4, 0.5) is 4.39 Å². The van der Waals surface area contributed by atoms with Crippen molar-refractivity contribution < 1.29 is 14.6 Å². The summed E-state index contributed by atoms with van der Waals surface area (Å²) >= 11 is 0. The molecule has 4 heteroatoms. The maximum Gasteiger partial charge on any atom is 0.206 e. The monoisotopic (exact) mass is 199 g/mol. The molecule has 0 fully saturated rings. The highest BCUT2D eigenvalue weighted by Crippen LogP contribution is 2.30. The van der Waals surface area contributed by atoms with E-state index in [1.165, 1.54) is 12.1 Å². The molecule has 4 N–H and O–H groups in total. The number of halogens is 1. The highest BCUT2D eigenvalue weighted by Gasteiger charge is 2.18. The zero-order valence-electron chi connectivity index (χ0n) is 8.21. The number of hydrogen-bond acceptors (Lipinski definition) is 3. The standard InChI is InChI=1S/C10H14FNO2/c1-10(2,12)5-6-3-4-7(13)8(11)9(6)14/h3-4,13-14H,5,12H2,1-2H3. The molecule has 1 aromatic carbocycles. The van der Waals surface area contributed by atoms with Crippen molar-refractivity contribution >= 4 is 0 Å². The Morgan fingerprint density at radius 2 is 1.93 bits per heavy atom. The Hall–Kier alpha value is -1.29. The zero-order valence-corrected chi connectivity index (χ0v) is 8.21. The number of rotatable bonds is 2. The Bertz CT molecular complexity index is 345. The van der Waals surface area contributed by atoms with Gasteiger partial charge < -0.3 is 15.9 Å². The predicted molar refractivity (Wildman–Crippen MR) is 51.7 cm³/mol. The molecule has 14 heavy (non-hydrogen) atoms.